The van der Waals surface area contributed by atoms with E-state index in [-0.39, 0.29) is 5.78 Å². The van der Waals surface area contributed by atoms with Crippen LogP contribution in [0.15, 0.2) is 66.1 Å². The van der Waals surface area contributed by atoms with Gasteiger partial charge in [-0.05, 0) is 121 Å². The highest BCUT2D eigenvalue weighted by Crippen LogP contribution is 2.60. The van der Waals surface area contributed by atoms with Crippen LogP contribution in [0.25, 0.3) is 16.5 Å². The van der Waals surface area contributed by atoms with Crippen LogP contribution in [0.2, 0.25) is 0 Å². The van der Waals surface area contributed by atoms with E-state index in [1.165, 1.54) is 55.5 Å². The van der Waals surface area contributed by atoms with Crippen molar-refractivity contribution in [3.05, 3.63) is 82.7 Å². The van der Waals surface area contributed by atoms with Gasteiger partial charge in [-0.1, -0.05) is 42.5 Å². The highest BCUT2D eigenvalue weighted by Gasteiger charge is 2.50. The Kier molecular flexibility index (Phi) is 6.81. The van der Waals surface area contributed by atoms with Crippen LogP contribution < -0.4 is 5.73 Å². The number of nitrogens with zero attached hydrogens (tertiary/aromatic N) is 1. The van der Waals surface area contributed by atoms with Gasteiger partial charge in [-0.25, -0.2) is 0 Å². The van der Waals surface area contributed by atoms with Crippen LogP contribution in [0.1, 0.15) is 55.2 Å². The van der Waals surface area contributed by atoms with E-state index in [9.17, 15) is 4.79 Å². The van der Waals surface area contributed by atoms with E-state index < -0.39 is 0 Å². The third-order valence-electron chi connectivity index (χ3n) is 8.98. The van der Waals surface area contributed by atoms with Gasteiger partial charge in [0, 0.05) is 30.1 Å². The second kappa shape index (κ2) is 10.2. The van der Waals surface area contributed by atoms with Gasteiger partial charge in [0.1, 0.15) is 0 Å². The molecule has 4 heteroatoms. The second-order valence-corrected chi connectivity index (χ2v) is 13.1. The molecule has 37 heavy (non-hydrogen) atoms. The maximum absolute atomic E-state index is 12.7. The number of carbonyl (C=O) groups excluding carboxylic acids is 1. The summed E-state index contributed by atoms with van der Waals surface area (Å²) in [6.07, 6.45) is 12.8. The molecule has 1 aromatic heterocycles. The van der Waals surface area contributed by atoms with E-state index in [4.69, 9.17) is 5.73 Å². The van der Waals surface area contributed by atoms with Crippen molar-refractivity contribution >= 4 is 28.9 Å². The second-order valence-electron chi connectivity index (χ2n) is 12.2. The predicted molar refractivity (Wildman–Crippen MR) is 155 cm³/mol. The molecule has 4 saturated carbocycles. The number of nitrogens with two attached hydrogens (primary N) is 1. The van der Waals surface area contributed by atoms with E-state index in [1.54, 1.807) is 17.4 Å². The first-order valence-corrected chi connectivity index (χ1v) is 14.7. The molecule has 192 valence electrons. The van der Waals surface area contributed by atoms with Gasteiger partial charge in [0.2, 0.25) is 0 Å². The largest absolute Gasteiger partial charge is 0.398 e. The molecule has 4 aliphatic rings. The summed E-state index contributed by atoms with van der Waals surface area (Å²) in [5, 5.41) is 2.06. The number of hydrogen-bond acceptors (Lipinski definition) is 4. The minimum atomic E-state index is 0.0643. The van der Waals surface area contributed by atoms with Gasteiger partial charge in [0.25, 0.3) is 0 Å². The predicted octanol–water partition coefficient (Wildman–Crippen LogP) is 7.47. The van der Waals surface area contributed by atoms with Crippen LogP contribution >= 0.6 is 11.3 Å². The van der Waals surface area contributed by atoms with Crippen molar-refractivity contribution < 1.29 is 4.79 Å². The fraction of sp³-hybridized carbons (Fsp3) is 0.424. The molecule has 0 amide bonds. The average Bonchev–Trinajstić information content (AvgIpc) is 3.39. The zero-order chi connectivity index (χ0) is 25.4. The standard InChI is InChI=1S/C33H38N2OS/c1-35(22-33-18-25-13-26(19-33)15-27(14-25)20-33)21-24-6-4-23(5-7-24)8-10-30(36)17-29-16-28(9-11-31(29)34)32-3-2-12-37-32/h2-12,16,25-27H,13-15,17-22,34H2,1H3/b10-8+. The molecule has 0 saturated heterocycles. The lowest BCUT2D eigenvalue weighted by Gasteiger charge is -2.57. The normalized spacial score (nSPS) is 26.4. The van der Waals surface area contributed by atoms with Crippen LogP contribution in [0.5, 0.6) is 0 Å². The Bertz CT molecular complexity index is 1240. The first kappa shape index (κ1) is 24.6. The number of rotatable bonds is 9. The van der Waals surface area contributed by atoms with Crippen LogP contribution in [-0.4, -0.2) is 24.3 Å². The van der Waals surface area contributed by atoms with E-state index in [2.05, 4.69) is 47.7 Å². The number of thiophene rings is 1. The van der Waals surface area contributed by atoms with Crippen LogP contribution in [0.4, 0.5) is 5.69 Å². The molecule has 1 heterocycles. The Morgan fingerprint density at radius 3 is 2.38 bits per heavy atom. The first-order chi connectivity index (χ1) is 17.9. The number of anilines is 1. The molecule has 4 fully saturated rings. The van der Waals surface area contributed by atoms with Crippen molar-refractivity contribution in [2.45, 2.75) is 51.5 Å². The number of benzene rings is 2. The van der Waals surface area contributed by atoms with Crippen molar-refractivity contribution in [2.24, 2.45) is 23.2 Å². The van der Waals surface area contributed by atoms with Crippen LogP contribution in [-0.2, 0) is 17.8 Å². The highest BCUT2D eigenvalue weighted by molar-refractivity contribution is 7.13. The van der Waals surface area contributed by atoms with Crippen molar-refractivity contribution in [1.29, 1.82) is 0 Å². The Balaban J connectivity index is 1.03. The molecule has 0 radical (unpaired) electrons. The summed E-state index contributed by atoms with van der Waals surface area (Å²) >= 11 is 1.69. The Labute approximate surface area is 225 Å². The number of ketones is 1. The fourth-order valence-electron chi connectivity index (χ4n) is 7.95. The van der Waals surface area contributed by atoms with Crippen molar-refractivity contribution in [3.63, 3.8) is 0 Å². The van der Waals surface area contributed by atoms with Gasteiger partial charge in [-0.2, -0.15) is 0 Å². The summed E-state index contributed by atoms with van der Waals surface area (Å²) < 4.78 is 0. The lowest BCUT2D eigenvalue weighted by atomic mass is 9.49. The van der Waals surface area contributed by atoms with Crippen molar-refractivity contribution in [2.75, 3.05) is 19.3 Å². The van der Waals surface area contributed by atoms with Crippen LogP contribution in [0, 0.1) is 23.2 Å². The molecular formula is C33H38N2OS. The summed E-state index contributed by atoms with van der Waals surface area (Å²) in [6, 6.07) is 18.8. The molecule has 0 aliphatic heterocycles. The van der Waals surface area contributed by atoms with Gasteiger partial charge in [0.15, 0.2) is 5.78 Å². The van der Waals surface area contributed by atoms with E-state index in [0.29, 0.717) is 17.5 Å². The summed E-state index contributed by atoms with van der Waals surface area (Å²) in [5.41, 5.74) is 11.8. The molecule has 2 aromatic carbocycles. The van der Waals surface area contributed by atoms with Crippen molar-refractivity contribution in [1.82, 2.24) is 4.90 Å². The first-order valence-electron chi connectivity index (χ1n) is 13.8. The van der Waals surface area contributed by atoms with Crippen LogP contribution in [0.3, 0.4) is 0 Å². The third kappa shape index (κ3) is 5.61. The maximum Gasteiger partial charge on any atom is 0.160 e. The number of allylic oxidation sites excluding steroid dienone is 1. The molecule has 2 N–H and O–H groups in total. The van der Waals surface area contributed by atoms with Gasteiger partial charge < -0.3 is 10.6 Å². The molecule has 0 spiro atoms. The highest BCUT2D eigenvalue weighted by atomic mass is 32.1. The molecular weight excluding hydrogens is 472 g/mol. The lowest BCUT2D eigenvalue weighted by Crippen LogP contribution is -2.50. The van der Waals surface area contributed by atoms with E-state index in [1.807, 2.05) is 30.3 Å². The summed E-state index contributed by atoms with van der Waals surface area (Å²) in [5.74, 6) is 3.09. The Hall–Kier alpha value is -2.69. The fourth-order valence-corrected chi connectivity index (χ4v) is 8.67. The molecule has 0 atom stereocenters. The molecule has 7 rings (SSSR count). The summed E-state index contributed by atoms with van der Waals surface area (Å²) in [6.45, 7) is 2.23. The number of carbonyl (C=O) groups is 1. The third-order valence-corrected chi connectivity index (χ3v) is 9.90. The average molecular weight is 511 g/mol. The zero-order valence-electron chi connectivity index (χ0n) is 21.9. The molecule has 4 bridgehead atoms. The Morgan fingerprint density at radius 2 is 1.73 bits per heavy atom. The van der Waals surface area contributed by atoms with E-state index in [0.717, 1.165) is 41.0 Å². The quantitative estimate of drug-likeness (QED) is 0.240. The SMILES string of the molecule is CN(Cc1ccc(/C=C/C(=O)Cc2cc(-c3cccs3)ccc2N)cc1)CC12CC3CC(CC(C3)C1)C2. The summed E-state index contributed by atoms with van der Waals surface area (Å²) in [7, 11) is 2.30. The van der Waals surface area contributed by atoms with E-state index >= 15 is 0 Å². The minimum Gasteiger partial charge on any atom is -0.398 e. The van der Waals surface area contributed by atoms with Crippen molar-refractivity contribution in [3.8, 4) is 10.4 Å². The monoisotopic (exact) mass is 510 g/mol. The minimum absolute atomic E-state index is 0.0643. The molecule has 4 aliphatic carbocycles. The molecule has 3 aromatic rings. The molecule has 3 nitrogen and oxygen atoms in total. The van der Waals surface area contributed by atoms with Gasteiger partial charge in [0.05, 0.1) is 0 Å². The smallest absolute Gasteiger partial charge is 0.160 e. The topological polar surface area (TPSA) is 46.3 Å². The van der Waals surface area contributed by atoms with Gasteiger partial charge in [-0.15, -0.1) is 11.3 Å². The zero-order valence-corrected chi connectivity index (χ0v) is 22.7. The number of hydrogen-bond donors (Lipinski definition) is 1. The van der Waals surface area contributed by atoms with Gasteiger partial charge >= 0.3 is 0 Å². The lowest BCUT2D eigenvalue weighted by molar-refractivity contribution is -0.113. The number of nitrogen functional groups attached to an aromatic ring is 1. The maximum atomic E-state index is 12.7. The molecule has 0 unspecified atom stereocenters. The summed E-state index contributed by atoms with van der Waals surface area (Å²) in [4.78, 5) is 16.4. The van der Waals surface area contributed by atoms with Gasteiger partial charge in [-0.3, -0.25) is 4.79 Å². The Morgan fingerprint density at radius 1 is 1.03 bits per heavy atom.